The molecule has 0 unspecified atom stereocenters. The molecule has 0 spiro atoms. The van der Waals surface area contributed by atoms with Gasteiger partial charge in [-0.2, -0.15) is 10.4 Å². The van der Waals surface area contributed by atoms with Crippen molar-refractivity contribution in [2.45, 2.75) is 6.61 Å². The number of nitro groups is 1. The van der Waals surface area contributed by atoms with E-state index in [4.69, 9.17) is 9.47 Å². The van der Waals surface area contributed by atoms with Gasteiger partial charge in [0.2, 0.25) is 5.95 Å². The Morgan fingerprint density at radius 3 is 2.62 bits per heavy atom. The Kier molecular flexibility index (Phi) is 7.51. The number of hydrazone groups is 1. The monoisotopic (exact) mass is 496 g/mol. The van der Waals surface area contributed by atoms with Gasteiger partial charge >= 0.3 is 0 Å². The third-order valence-electron chi connectivity index (χ3n) is 5.22. The second-order valence-corrected chi connectivity index (χ2v) is 7.57. The van der Waals surface area contributed by atoms with E-state index in [0.29, 0.717) is 28.2 Å². The first-order chi connectivity index (χ1) is 18.0. The van der Waals surface area contributed by atoms with Crippen LogP contribution in [0.1, 0.15) is 16.7 Å². The lowest BCUT2D eigenvalue weighted by molar-refractivity contribution is -0.385. The quantitative estimate of drug-likeness (QED) is 0.198. The fourth-order valence-corrected chi connectivity index (χ4v) is 3.45. The number of H-pyrrole nitrogens is 1. The number of aromatic amines is 1. The summed E-state index contributed by atoms with van der Waals surface area (Å²) in [7, 11) is 1.48. The molecule has 0 aliphatic heterocycles. The van der Waals surface area contributed by atoms with Gasteiger partial charge in [0.15, 0.2) is 11.5 Å². The Bertz CT molecular complexity index is 1560. The maximum atomic E-state index is 12.4. The van der Waals surface area contributed by atoms with Crippen LogP contribution in [0.2, 0.25) is 0 Å². The molecule has 0 radical (unpaired) electrons. The van der Waals surface area contributed by atoms with Gasteiger partial charge < -0.3 is 9.47 Å². The summed E-state index contributed by atoms with van der Waals surface area (Å²) in [6, 6.07) is 22.2. The molecule has 3 aromatic carbocycles. The number of benzene rings is 3. The van der Waals surface area contributed by atoms with E-state index in [1.807, 2.05) is 12.1 Å². The van der Waals surface area contributed by atoms with Gasteiger partial charge in [0, 0.05) is 11.6 Å². The zero-order chi connectivity index (χ0) is 26.2. The van der Waals surface area contributed by atoms with Crippen molar-refractivity contribution in [3.8, 4) is 28.8 Å². The van der Waals surface area contributed by atoms with E-state index < -0.39 is 10.5 Å². The third-order valence-corrected chi connectivity index (χ3v) is 5.22. The Balaban J connectivity index is 1.50. The molecule has 0 amide bonds. The van der Waals surface area contributed by atoms with Crippen molar-refractivity contribution in [2.75, 3.05) is 12.5 Å². The maximum Gasteiger partial charge on any atom is 0.276 e. The van der Waals surface area contributed by atoms with Crippen molar-refractivity contribution in [1.29, 1.82) is 5.26 Å². The summed E-state index contributed by atoms with van der Waals surface area (Å²) in [6.45, 7) is -0.00994. The van der Waals surface area contributed by atoms with Crippen LogP contribution in [0.4, 0.5) is 11.6 Å². The number of methoxy groups -OCH3 is 1. The summed E-state index contributed by atoms with van der Waals surface area (Å²) < 4.78 is 11.1. The molecule has 4 aromatic rings. The summed E-state index contributed by atoms with van der Waals surface area (Å²) >= 11 is 0. The van der Waals surface area contributed by atoms with Crippen molar-refractivity contribution >= 4 is 17.9 Å². The molecular weight excluding hydrogens is 476 g/mol. The predicted octanol–water partition coefficient (Wildman–Crippen LogP) is 4.25. The van der Waals surface area contributed by atoms with E-state index in [9.17, 15) is 20.2 Å². The molecule has 0 bridgehead atoms. The highest BCUT2D eigenvalue weighted by Gasteiger charge is 2.15. The molecule has 0 fully saturated rings. The maximum absolute atomic E-state index is 12.4. The molecule has 0 aliphatic carbocycles. The highest BCUT2D eigenvalue weighted by molar-refractivity contribution is 5.81. The molecule has 184 valence electrons. The Morgan fingerprint density at radius 2 is 1.89 bits per heavy atom. The Morgan fingerprint density at radius 1 is 1.14 bits per heavy atom. The van der Waals surface area contributed by atoms with Crippen molar-refractivity contribution in [3.63, 3.8) is 0 Å². The van der Waals surface area contributed by atoms with Gasteiger partial charge in [-0.1, -0.05) is 42.5 Å². The van der Waals surface area contributed by atoms with Crippen LogP contribution in [0.3, 0.4) is 0 Å². The van der Waals surface area contributed by atoms with Gasteiger partial charge in [0.25, 0.3) is 11.2 Å². The lowest BCUT2D eigenvalue weighted by Crippen LogP contribution is -2.16. The SMILES string of the molecule is COc1cc(C=NNc2nc(-c3ccccc3)c(C#N)c(=O)[nH]2)ccc1OCc1ccccc1[N+](=O)[O-]. The minimum atomic E-state index is -0.587. The smallest absolute Gasteiger partial charge is 0.276 e. The molecule has 0 saturated heterocycles. The van der Waals surface area contributed by atoms with Gasteiger partial charge in [-0.05, 0) is 29.8 Å². The predicted molar refractivity (Wildman–Crippen MR) is 137 cm³/mol. The number of nitrogens with zero attached hydrogens (tertiary/aromatic N) is 4. The van der Waals surface area contributed by atoms with E-state index in [-0.39, 0.29) is 29.5 Å². The number of anilines is 1. The fraction of sp³-hybridized carbons (Fsp3) is 0.0769. The zero-order valence-corrected chi connectivity index (χ0v) is 19.5. The lowest BCUT2D eigenvalue weighted by Gasteiger charge is -2.11. The summed E-state index contributed by atoms with van der Waals surface area (Å²) in [6.07, 6.45) is 1.48. The van der Waals surface area contributed by atoms with Crippen molar-refractivity contribution < 1.29 is 14.4 Å². The number of para-hydroxylation sites is 1. The molecule has 0 saturated carbocycles. The Labute approximate surface area is 210 Å². The number of aromatic nitrogens is 2. The third kappa shape index (κ3) is 5.77. The number of nitrogens with one attached hydrogen (secondary N) is 2. The number of hydrogen-bond donors (Lipinski definition) is 2. The van der Waals surface area contributed by atoms with Crippen molar-refractivity contribution in [2.24, 2.45) is 5.10 Å². The molecule has 0 aliphatic rings. The first kappa shape index (κ1) is 24.6. The van der Waals surface area contributed by atoms with Crippen LogP contribution in [-0.2, 0) is 6.61 Å². The summed E-state index contributed by atoms with van der Waals surface area (Å²) in [4.78, 5) is 29.9. The molecule has 1 aromatic heterocycles. The summed E-state index contributed by atoms with van der Waals surface area (Å²) in [5.74, 6) is 0.866. The van der Waals surface area contributed by atoms with Gasteiger partial charge in [-0.15, -0.1) is 0 Å². The number of nitriles is 1. The standard InChI is InChI=1S/C26H20N6O5/c1-36-23-13-17(11-12-22(23)37-16-19-9-5-6-10-21(19)32(34)35)15-28-31-26-29-24(18-7-3-2-4-8-18)20(14-27)25(33)30-26/h2-13,15H,16H2,1H3,(H2,29,30,31,33). The van der Waals surface area contributed by atoms with E-state index in [0.717, 1.165) is 0 Å². The molecule has 4 rings (SSSR count). The largest absolute Gasteiger partial charge is 0.493 e. The van der Waals surface area contributed by atoms with Gasteiger partial charge in [-0.25, -0.2) is 10.4 Å². The Hall–Kier alpha value is -5.50. The average Bonchev–Trinajstić information content (AvgIpc) is 2.92. The van der Waals surface area contributed by atoms with E-state index in [1.54, 1.807) is 60.7 Å². The van der Waals surface area contributed by atoms with Crippen LogP contribution in [0.15, 0.2) is 82.7 Å². The van der Waals surface area contributed by atoms with Crippen molar-refractivity contribution in [3.05, 3.63) is 110 Å². The van der Waals surface area contributed by atoms with Crippen molar-refractivity contribution in [1.82, 2.24) is 9.97 Å². The van der Waals surface area contributed by atoms with Crippen LogP contribution in [-0.4, -0.2) is 28.2 Å². The van der Waals surface area contributed by atoms with Crippen LogP contribution >= 0.6 is 0 Å². The second kappa shape index (κ2) is 11.3. The molecule has 37 heavy (non-hydrogen) atoms. The number of nitro benzene ring substituents is 1. The van der Waals surface area contributed by atoms with Crippen LogP contribution in [0.5, 0.6) is 11.5 Å². The van der Waals surface area contributed by atoms with Gasteiger partial charge in [0.05, 0.1) is 29.5 Å². The summed E-state index contributed by atoms with van der Waals surface area (Å²) in [5, 5.41) is 24.7. The normalized spacial score (nSPS) is 10.6. The molecule has 11 nitrogen and oxygen atoms in total. The first-order valence-electron chi connectivity index (χ1n) is 10.9. The zero-order valence-electron chi connectivity index (χ0n) is 19.5. The first-order valence-corrected chi connectivity index (χ1v) is 10.9. The van der Waals surface area contributed by atoms with E-state index in [1.165, 1.54) is 19.4 Å². The highest BCUT2D eigenvalue weighted by Crippen LogP contribution is 2.29. The van der Waals surface area contributed by atoms with Crippen LogP contribution in [0, 0.1) is 21.4 Å². The summed E-state index contributed by atoms with van der Waals surface area (Å²) in [5.41, 5.74) is 3.90. The molecule has 11 heteroatoms. The minimum absolute atomic E-state index is 0.00994. The average molecular weight is 496 g/mol. The van der Waals surface area contributed by atoms with Gasteiger partial charge in [-0.3, -0.25) is 19.9 Å². The molecule has 1 heterocycles. The molecule has 2 N–H and O–H groups in total. The topological polar surface area (TPSA) is 156 Å². The van der Waals surface area contributed by atoms with E-state index in [2.05, 4.69) is 20.5 Å². The minimum Gasteiger partial charge on any atom is -0.493 e. The lowest BCUT2D eigenvalue weighted by atomic mass is 10.1. The van der Waals surface area contributed by atoms with Gasteiger partial charge in [0.1, 0.15) is 18.2 Å². The number of rotatable bonds is 9. The van der Waals surface area contributed by atoms with Crippen LogP contribution < -0.4 is 20.5 Å². The highest BCUT2D eigenvalue weighted by atomic mass is 16.6. The van der Waals surface area contributed by atoms with Crippen LogP contribution in [0.25, 0.3) is 11.3 Å². The number of ether oxygens (including phenoxy) is 2. The second-order valence-electron chi connectivity index (χ2n) is 7.57. The fourth-order valence-electron chi connectivity index (χ4n) is 3.45. The molecular formula is C26H20N6O5. The molecule has 0 atom stereocenters. The van der Waals surface area contributed by atoms with E-state index >= 15 is 0 Å². The number of hydrogen-bond acceptors (Lipinski definition) is 9.